The second-order valence-electron chi connectivity index (χ2n) is 7.08. The topological polar surface area (TPSA) is 34.6 Å². The SMILES string of the molecule is Cc1cc(N2CCC(OC3CCOCC3)CC2)c2cc(F)ccc2n1. The minimum atomic E-state index is -0.211. The van der Waals surface area contributed by atoms with Crippen molar-refractivity contribution in [3.05, 3.63) is 35.8 Å². The summed E-state index contributed by atoms with van der Waals surface area (Å²) in [6, 6.07) is 6.91. The summed E-state index contributed by atoms with van der Waals surface area (Å²) >= 11 is 0. The molecule has 1 aromatic heterocycles. The predicted molar refractivity (Wildman–Crippen MR) is 96.6 cm³/mol. The zero-order chi connectivity index (χ0) is 17.2. The molecule has 0 N–H and O–H groups in total. The number of anilines is 1. The lowest BCUT2D eigenvalue weighted by atomic mass is 10.0. The number of benzene rings is 1. The van der Waals surface area contributed by atoms with Crippen LogP contribution in [0.3, 0.4) is 0 Å². The Bertz CT molecular complexity index is 738. The minimum Gasteiger partial charge on any atom is -0.381 e. The van der Waals surface area contributed by atoms with E-state index >= 15 is 0 Å². The average molecular weight is 344 g/mol. The van der Waals surface area contributed by atoms with Crippen LogP contribution < -0.4 is 4.90 Å². The van der Waals surface area contributed by atoms with E-state index in [1.54, 1.807) is 12.1 Å². The van der Waals surface area contributed by atoms with Gasteiger partial charge in [-0.2, -0.15) is 0 Å². The second kappa shape index (κ2) is 7.26. The van der Waals surface area contributed by atoms with Gasteiger partial charge in [0.15, 0.2) is 0 Å². The third-order valence-corrected chi connectivity index (χ3v) is 5.21. The van der Waals surface area contributed by atoms with E-state index in [-0.39, 0.29) is 5.82 Å². The summed E-state index contributed by atoms with van der Waals surface area (Å²) in [4.78, 5) is 6.88. The van der Waals surface area contributed by atoms with Crippen molar-refractivity contribution in [1.82, 2.24) is 4.98 Å². The lowest BCUT2D eigenvalue weighted by Crippen LogP contribution is -2.39. The molecule has 2 aromatic rings. The Labute approximate surface area is 147 Å². The van der Waals surface area contributed by atoms with Gasteiger partial charge in [-0.15, -0.1) is 0 Å². The quantitative estimate of drug-likeness (QED) is 0.847. The standard InChI is InChI=1S/C20H25FN2O2/c1-14-12-20(18-13-15(21)2-3-19(18)22-14)23-8-4-16(5-9-23)25-17-6-10-24-11-7-17/h2-3,12-13,16-17H,4-11H2,1H3. The van der Waals surface area contributed by atoms with Crippen LogP contribution in [0.4, 0.5) is 10.1 Å². The van der Waals surface area contributed by atoms with E-state index in [2.05, 4.69) is 16.0 Å². The van der Waals surface area contributed by atoms with Gasteiger partial charge in [-0.1, -0.05) is 0 Å². The number of hydrogen-bond donors (Lipinski definition) is 0. The average Bonchev–Trinajstić information content (AvgIpc) is 2.63. The summed E-state index contributed by atoms with van der Waals surface area (Å²) in [6.45, 7) is 5.49. The van der Waals surface area contributed by atoms with Crippen LogP contribution in [-0.4, -0.2) is 43.5 Å². The first-order valence-corrected chi connectivity index (χ1v) is 9.24. The van der Waals surface area contributed by atoms with E-state index in [0.717, 1.165) is 74.3 Å². The molecule has 134 valence electrons. The Morgan fingerprint density at radius 2 is 1.80 bits per heavy atom. The maximum absolute atomic E-state index is 13.7. The third kappa shape index (κ3) is 3.77. The highest BCUT2D eigenvalue weighted by molar-refractivity contribution is 5.92. The molecule has 2 aliphatic heterocycles. The minimum absolute atomic E-state index is 0.211. The number of pyridine rings is 1. The molecule has 4 rings (SSSR count). The molecular formula is C20H25FN2O2. The normalized spacial score (nSPS) is 20.3. The molecule has 0 atom stereocenters. The highest BCUT2D eigenvalue weighted by Crippen LogP contribution is 2.30. The largest absolute Gasteiger partial charge is 0.381 e. The van der Waals surface area contributed by atoms with E-state index in [9.17, 15) is 4.39 Å². The first kappa shape index (κ1) is 16.7. The number of aromatic nitrogens is 1. The van der Waals surface area contributed by atoms with Crippen LogP contribution in [0, 0.1) is 12.7 Å². The van der Waals surface area contributed by atoms with E-state index in [0.29, 0.717) is 12.2 Å². The molecule has 3 heterocycles. The molecule has 0 amide bonds. The van der Waals surface area contributed by atoms with E-state index < -0.39 is 0 Å². The van der Waals surface area contributed by atoms with Gasteiger partial charge in [0, 0.05) is 43.1 Å². The molecule has 1 aromatic carbocycles. The van der Waals surface area contributed by atoms with Crippen molar-refractivity contribution in [3.8, 4) is 0 Å². The number of aryl methyl sites for hydroxylation is 1. The second-order valence-corrected chi connectivity index (χ2v) is 7.08. The number of piperidine rings is 1. The first-order valence-electron chi connectivity index (χ1n) is 9.24. The van der Waals surface area contributed by atoms with Crippen molar-refractivity contribution in [1.29, 1.82) is 0 Å². The molecular weight excluding hydrogens is 319 g/mol. The lowest BCUT2D eigenvalue weighted by Gasteiger charge is -2.36. The lowest BCUT2D eigenvalue weighted by molar-refractivity contribution is -0.0743. The Morgan fingerprint density at radius 1 is 1.08 bits per heavy atom. The van der Waals surface area contributed by atoms with Crippen molar-refractivity contribution in [2.45, 2.75) is 44.8 Å². The molecule has 0 bridgehead atoms. The number of halogens is 1. The molecule has 5 heteroatoms. The summed E-state index contributed by atoms with van der Waals surface area (Å²) in [7, 11) is 0. The maximum Gasteiger partial charge on any atom is 0.124 e. The van der Waals surface area contributed by atoms with E-state index in [1.165, 1.54) is 6.07 Å². The van der Waals surface area contributed by atoms with Crippen molar-refractivity contribution < 1.29 is 13.9 Å². The molecule has 4 nitrogen and oxygen atoms in total. The Balaban J connectivity index is 1.47. The fourth-order valence-electron chi connectivity index (χ4n) is 3.89. The smallest absolute Gasteiger partial charge is 0.124 e. The van der Waals surface area contributed by atoms with Gasteiger partial charge in [0.2, 0.25) is 0 Å². The molecule has 0 spiro atoms. The van der Waals surface area contributed by atoms with Gasteiger partial charge in [-0.25, -0.2) is 4.39 Å². The fraction of sp³-hybridized carbons (Fsp3) is 0.550. The van der Waals surface area contributed by atoms with Gasteiger partial charge >= 0.3 is 0 Å². The Hall–Kier alpha value is -1.72. The molecule has 0 aliphatic carbocycles. The van der Waals surface area contributed by atoms with Gasteiger partial charge < -0.3 is 14.4 Å². The van der Waals surface area contributed by atoms with Crippen molar-refractivity contribution in [2.75, 3.05) is 31.2 Å². The zero-order valence-electron chi connectivity index (χ0n) is 14.7. The van der Waals surface area contributed by atoms with Crippen molar-refractivity contribution in [2.24, 2.45) is 0 Å². The van der Waals surface area contributed by atoms with Crippen LogP contribution in [-0.2, 0) is 9.47 Å². The molecule has 0 saturated carbocycles. The third-order valence-electron chi connectivity index (χ3n) is 5.21. The highest BCUT2D eigenvalue weighted by atomic mass is 19.1. The molecule has 25 heavy (non-hydrogen) atoms. The van der Waals surface area contributed by atoms with E-state index in [1.807, 2.05) is 6.92 Å². The summed E-state index contributed by atoms with van der Waals surface area (Å²) in [5, 5.41) is 0.898. The first-order chi connectivity index (χ1) is 12.2. The summed E-state index contributed by atoms with van der Waals surface area (Å²) < 4.78 is 25.4. The van der Waals surface area contributed by atoms with Crippen LogP contribution >= 0.6 is 0 Å². The fourth-order valence-corrected chi connectivity index (χ4v) is 3.89. The highest BCUT2D eigenvalue weighted by Gasteiger charge is 2.25. The van der Waals surface area contributed by atoms with Crippen LogP contribution in [0.15, 0.2) is 24.3 Å². The zero-order valence-corrected chi connectivity index (χ0v) is 14.7. The molecule has 2 fully saturated rings. The maximum atomic E-state index is 13.7. The van der Waals surface area contributed by atoms with Gasteiger partial charge in [0.1, 0.15) is 5.82 Å². The number of ether oxygens (including phenoxy) is 2. The van der Waals surface area contributed by atoms with Gasteiger partial charge in [-0.3, -0.25) is 4.98 Å². The van der Waals surface area contributed by atoms with Crippen molar-refractivity contribution >= 4 is 16.6 Å². The van der Waals surface area contributed by atoms with Crippen LogP contribution in [0.1, 0.15) is 31.4 Å². The Morgan fingerprint density at radius 3 is 2.56 bits per heavy atom. The summed E-state index contributed by atoms with van der Waals surface area (Å²) in [5.41, 5.74) is 2.91. The predicted octanol–water partition coefficient (Wildman–Crippen LogP) is 3.85. The van der Waals surface area contributed by atoms with Gasteiger partial charge in [0.25, 0.3) is 0 Å². The summed E-state index contributed by atoms with van der Waals surface area (Å²) in [6.07, 6.45) is 4.71. The number of rotatable bonds is 3. The van der Waals surface area contributed by atoms with Crippen LogP contribution in [0.5, 0.6) is 0 Å². The number of hydrogen-bond acceptors (Lipinski definition) is 4. The molecule has 0 unspecified atom stereocenters. The van der Waals surface area contributed by atoms with Crippen LogP contribution in [0.25, 0.3) is 10.9 Å². The van der Waals surface area contributed by atoms with Crippen molar-refractivity contribution in [3.63, 3.8) is 0 Å². The monoisotopic (exact) mass is 344 g/mol. The van der Waals surface area contributed by atoms with E-state index in [4.69, 9.17) is 9.47 Å². The molecule has 2 aliphatic rings. The molecule has 2 saturated heterocycles. The summed E-state index contributed by atoms with van der Waals surface area (Å²) in [5.74, 6) is -0.211. The van der Waals surface area contributed by atoms with Gasteiger partial charge in [0.05, 0.1) is 17.7 Å². The number of nitrogens with zero attached hydrogens (tertiary/aromatic N) is 2. The Kier molecular flexibility index (Phi) is 4.86. The number of fused-ring (bicyclic) bond motifs is 1. The van der Waals surface area contributed by atoms with Crippen LogP contribution in [0.2, 0.25) is 0 Å². The molecule has 0 radical (unpaired) electrons. The van der Waals surface area contributed by atoms with Gasteiger partial charge in [-0.05, 0) is 56.9 Å².